The van der Waals surface area contributed by atoms with Crippen LogP contribution in [0.5, 0.6) is 0 Å². The van der Waals surface area contributed by atoms with Gasteiger partial charge in [0.15, 0.2) is 4.77 Å². The van der Waals surface area contributed by atoms with E-state index in [-0.39, 0.29) is 76.2 Å². The number of nitrogens with one attached hydrogen (secondary N) is 2. The van der Waals surface area contributed by atoms with E-state index in [2.05, 4.69) is 26.9 Å². The average Bonchev–Trinajstić information content (AvgIpc) is 2.03. The fraction of sp³-hybridized carbons (Fsp3) is 0.286. The summed E-state index contributed by atoms with van der Waals surface area (Å²) in [6.07, 6.45) is 0. The Kier molecular flexibility index (Phi) is 10.4. The van der Waals surface area contributed by atoms with Crippen LogP contribution in [0.2, 0.25) is 0 Å². The van der Waals surface area contributed by atoms with Crippen LogP contribution in [0.25, 0.3) is 0 Å². The van der Waals surface area contributed by atoms with Crippen molar-refractivity contribution in [3.63, 3.8) is 0 Å². The van der Waals surface area contributed by atoms with Crippen LogP contribution >= 0.6 is 12.2 Å². The molecule has 0 aliphatic rings. The number of H-pyrrole nitrogens is 2. The SMILES string of the molecule is CCOC(=O)c1cc(=O)[nH]c(=S)[nH]1.[Na].[Na]. The maximum atomic E-state index is 11.1. The second-order valence-electron chi connectivity index (χ2n) is 2.22. The van der Waals surface area contributed by atoms with Gasteiger partial charge in [0.2, 0.25) is 0 Å². The first-order valence-electron chi connectivity index (χ1n) is 3.64. The molecule has 0 saturated carbocycles. The zero-order chi connectivity index (χ0) is 9.84. The van der Waals surface area contributed by atoms with Crippen molar-refractivity contribution >= 4 is 77.3 Å². The summed E-state index contributed by atoms with van der Waals surface area (Å²) in [5.41, 5.74) is -0.359. The minimum Gasteiger partial charge on any atom is -0.461 e. The monoisotopic (exact) mass is 246 g/mol. The molecule has 0 amide bonds. The van der Waals surface area contributed by atoms with E-state index in [1.807, 2.05) is 0 Å². The van der Waals surface area contributed by atoms with Crippen LogP contribution in [-0.4, -0.2) is 81.7 Å². The van der Waals surface area contributed by atoms with E-state index >= 15 is 0 Å². The predicted octanol–water partition coefficient (Wildman–Crippen LogP) is -0.152. The molecule has 0 fully saturated rings. The zero-order valence-electron chi connectivity index (χ0n) is 8.92. The second-order valence-corrected chi connectivity index (χ2v) is 2.63. The Morgan fingerprint density at radius 3 is 2.53 bits per heavy atom. The third-order valence-electron chi connectivity index (χ3n) is 1.26. The molecule has 0 spiro atoms. The Balaban J connectivity index is 0. The maximum Gasteiger partial charge on any atom is 0.355 e. The van der Waals surface area contributed by atoms with Crippen molar-refractivity contribution in [2.24, 2.45) is 0 Å². The average molecular weight is 246 g/mol. The molecule has 0 aliphatic heterocycles. The van der Waals surface area contributed by atoms with Gasteiger partial charge in [0.25, 0.3) is 5.56 Å². The van der Waals surface area contributed by atoms with Gasteiger partial charge in [0.05, 0.1) is 6.61 Å². The molecule has 0 bridgehead atoms. The summed E-state index contributed by atoms with van der Waals surface area (Å²) in [7, 11) is 0. The van der Waals surface area contributed by atoms with E-state index in [1.54, 1.807) is 6.92 Å². The molecule has 8 heteroatoms. The minimum absolute atomic E-state index is 0. The molecule has 1 heterocycles. The van der Waals surface area contributed by atoms with E-state index in [0.717, 1.165) is 6.07 Å². The molecule has 0 aromatic carbocycles. The first-order valence-corrected chi connectivity index (χ1v) is 4.05. The van der Waals surface area contributed by atoms with E-state index < -0.39 is 11.5 Å². The third-order valence-corrected chi connectivity index (χ3v) is 1.46. The molecule has 2 radical (unpaired) electrons. The van der Waals surface area contributed by atoms with Crippen molar-refractivity contribution in [1.82, 2.24) is 9.97 Å². The molecule has 0 aliphatic carbocycles. The molecule has 1 rings (SSSR count). The molecule has 0 atom stereocenters. The second kappa shape index (κ2) is 8.69. The quantitative estimate of drug-likeness (QED) is 0.432. The zero-order valence-corrected chi connectivity index (χ0v) is 13.7. The summed E-state index contributed by atoms with van der Waals surface area (Å²) >= 11 is 4.67. The fourth-order valence-electron chi connectivity index (χ4n) is 0.788. The van der Waals surface area contributed by atoms with Gasteiger partial charge in [-0.25, -0.2) is 4.79 Å². The molecule has 72 valence electrons. The standard InChI is InChI=1S/C7H8N2O3S.2Na/c1-2-12-6(11)4-3-5(10)9-7(13)8-4;;/h3H,2H2,1H3,(H2,8,9,10,13);;. The predicted molar refractivity (Wildman–Crippen MR) is 59.7 cm³/mol. The van der Waals surface area contributed by atoms with Gasteiger partial charge in [0, 0.05) is 65.2 Å². The number of carbonyl (C=O) groups excluding carboxylic acids is 1. The van der Waals surface area contributed by atoms with Crippen LogP contribution in [-0.2, 0) is 4.74 Å². The molecule has 0 saturated heterocycles. The summed E-state index contributed by atoms with van der Waals surface area (Å²) < 4.78 is 4.78. The summed E-state index contributed by atoms with van der Waals surface area (Å²) in [5.74, 6) is -0.584. The Hall–Kier alpha value is 0.570. The molecule has 2 N–H and O–H groups in total. The summed E-state index contributed by atoms with van der Waals surface area (Å²) in [4.78, 5) is 26.8. The van der Waals surface area contributed by atoms with Gasteiger partial charge >= 0.3 is 5.97 Å². The largest absolute Gasteiger partial charge is 0.461 e. The molecule has 1 aromatic rings. The normalized spacial score (nSPS) is 8.33. The van der Waals surface area contributed by atoms with Crippen molar-refractivity contribution < 1.29 is 9.53 Å². The van der Waals surface area contributed by atoms with Crippen LogP contribution < -0.4 is 5.56 Å². The van der Waals surface area contributed by atoms with Crippen LogP contribution in [0.1, 0.15) is 17.4 Å². The van der Waals surface area contributed by atoms with Crippen LogP contribution in [0, 0.1) is 4.77 Å². The van der Waals surface area contributed by atoms with Crippen molar-refractivity contribution in [2.45, 2.75) is 6.92 Å². The molecular weight excluding hydrogens is 238 g/mol. The van der Waals surface area contributed by atoms with Gasteiger partial charge < -0.3 is 9.72 Å². The third kappa shape index (κ3) is 6.01. The number of aromatic nitrogens is 2. The molecule has 0 unspecified atom stereocenters. The number of hydrogen-bond donors (Lipinski definition) is 2. The number of rotatable bonds is 2. The number of hydrogen-bond acceptors (Lipinski definition) is 4. The van der Waals surface area contributed by atoms with Gasteiger partial charge in [0.1, 0.15) is 5.69 Å². The van der Waals surface area contributed by atoms with Gasteiger partial charge in [-0.05, 0) is 19.1 Å². The Morgan fingerprint density at radius 1 is 1.47 bits per heavy atom. The Labute approximate surface area is 136 Å². The number of esters is 1. The Morgan fingerprint density at radius 2 is 2.07 bits per heavy atom. The number of aromatic amines is 2. The summed E-state index contributed by atoms with van der Waals surface area (Å²) in [6, 6.07) is 1.10. The first-order chi connectivity index (χ1) is 6.13. The minimum atomic E-state index is -0.584. The fourth-order valence-corrected chi connectivity index (χ4v) is 0.998. The van der Waals surface area contributed by atoms with Crippen molar-refractivity contribution in [3.05, 3.63) is 26.9 Å². The molecule has 1 aromatic heterocycles. The van der Waals surface area contributed by atoms with Gasteiger partial charge in [-0.1, -0.05) is 0 Å². The van der Waals surface area contributed by atoms with Crippen molar-refractivity contribution in [2.75, 3.05) is 6.61 Å². The summed E-state index contributed by atoms with van der Waals surface area (Å²) in [6.45, 7) is 1.94. The number of carbonyl (C=O) groups is 1. The summed E-state index contributed by atoms with van der Waals surface area (Å²) in [5, 5.41) is 0. The van der Waals surface area contributed by atoms with Crippen LogP contribution in [0.4, 0.5) is 0 Å². The van der Waals surface area contributed by atoms with Crippen LogP contribution in [0.15, 0.2) is 10.9 Å². The molecular formula is C7H8N2Na2O3S. The molecule has 15 heavy (non-hydrogen) atoms. The topological polar surface area (TPSA) is 75.0 Å². The van der Waals surface area contributed by atoms with E-state index in [1.165, 1.54) is 0 Å². The first kappa shape index (κ1) is 17.9. The Bertz CT molecular complexity index is 400. The van der Waals surface area contributed by atoms with Gasteiger partial charge in [-0.2, -0.15) is 0 Å². The van der Waals surface area contributed by atoms with Crippen molar-refractivity contribution in [3.8, 4) is 0 Å². The smallest absolute Gasteiger partial charge is 0.355 e. The van der Waals surface area contributed by atoms with E-state index in [4.69, 9.17) is 0 Å². The molecule has 5 nitrogen and oxygen atoms in total. The van der Waals surface area contributed by atoms with Crippen molar-refractivity contribution in [1.29, 1.82) is 0 Å². The van der Waals surface area contributed by atoms with Gasteiger partial charge in [-0.3, -0.25) is 9.78 Å². The van der Waals surface area contributed by atoms with E-state index in [0.29, 0.717) is 0 Å². The maximum absolute atomic E-state index is 11.1. The van der Waals surface area contributed by atoms with Gasteiger partial charge in [-0.15, -0.1) is 0 Å². The van der Waals surface area contributed by atoms with Crippen LogP contribution in [0.3, 0.4) is 0 Å². The van der Waals surface area contributed by atoms with E-state index in [9.17, 15) is 9.59 Å². The number of ether oxygens (including phenoxy) is 1.